The zero-order chi connectivity index (χ0) is 12.8. The first kappa shape index (κ1) is 13.8. The Morgan fingerprint density at radius 2 is 2.24 bits per heavy atom. The first-order valence-corrected chi connectivity index (χ1v) is 6.18. The summed E-state index contributed by atoms with van der Waals surface area (Å²) in [4.78, 5) is 0. The molecule has 5 nitrogen and oxygen atoms in total. The van der Waals surface area contributed by atoms with Gasteiger partial charge in [0.2, 0.25) is 0 Å². The lowest BCUT2D eigenvalue weighted by molar-refractivity contribution is 0.191. The zero-order valence-electron chi connectivity index (χ0n) is 11.3. The molecule has 0 spiro atoms. The third kappa shape index (κ3) is 3.63. The highest BCUT2D eigenvalue weighted by Gasteiger charge is 2.13. The van der Waals surface area contributed by atoms with Crippen LogP contribution in [0, 0.1) is 6.92 Å². The molecule has 0 aliphatic heterocycles. The van der Waals surface area contributed by atoms with E-state index in [9.17, 15) is 0 Å². The van der Waals surface area contributed by atoms with Crippen molar-refractivity contribution in [3.05, 3.63) is 5.69 Å². The van der Waals surface area contributed by atoms with Crippen molar-refractivity contribution in [3.8, 4) is 0 Å². The second kappa shape index (κ2) is 6.49. The quantitative estimate of drug-likeness (QED) is 0.765. The molecular weight excluding hydrogens is 216 g/mol. The fourth-order valence-corrected chi connectivity index (χ4v) is 1.72. The van der Waals surface area contributed by atoms with Gasteiger partial charge in [-0.3, -0.25) is 0 Å². The molecule has 1 aromatic rings. The van der Waals surface area contributed by atoms with E-state index in [2.05, 4.69) is 24.3 Å². The summed E-state index contributed by atoms with van der Waals surface area (Å²) in [5, 5.41) is 7.85. The van der Waals surface area contributed by atoms with Gasteiger partial charge in [-0.15, -0.1) is 0 Å². The number of nitrogen functional groups attached to an aromatic ring is 1. The van der Waals surface area contributed by atoms with E-state index in [0.29, 0.717) is 6.04 Å². The molecule has 0 aliphatic rings. The number of methoxy groups -OCH3 is 1. The largest absolute Gasteiger partial charge is 0.394 e. The lowest BCUT2D eigenvalue weighted by atomic mass is 10.2. The standard InChI is InChI=1S/C12H24N4O/c1-5-7-16-12(11(13)10(3)15-16)14-9(2)6-8-17-4/h9,14H,5-8,13H2,1-4H3. The molecule has 17 heavy (non-hydrogen) atoms. The minimum absolute atomic E-state index is 0.323. The number of hydrogen-bond donors (Lipinski definition) is 2. The van der Waals surface area contributed by atoms with E-state index in [1.165, 1.54) is 0 Å². The van der Waals surface area contributed by atoms with E-state index in [1.54, 1.807) is 7.11 Å². The Hall–Kier alpha value is -1.23. The minimum atomic E-state index is 0.323. The first-order valence-electron chi connectivity index (χ1n) is 6.18. The molecule has 0 fully saturated rings. The molecular formula is C12H24N4O. The Morgan fingerprint density at radius 1 is 1.53 bits per heavy atom. The molecule has 0 amide bonds. The number of anilines is 2. The molecule has 0 saturated carbocycles. The van der Waals surface area contributed by atoms with Crippen molar-refractivity contribution < 1.29 is 4.74 Å². The highest BCUT2D eigenvalue weighted by Crippen LogP contribution is 2.23. The van der Waals surface area contributed by atoms with Crippen LogP contribution in [0.4, 0.5) is 11.5 Å². The number of hydrogen-bond acceptors (Lipinski definition) is 4. The summed E-state index contributed by atoms with van der Waals surface area (Å²) in [6.07, 6.45) is 1.99. The van der Waals surface area contributed by atoms with Gasteiger partial charge in [0.1, 0.15) is 5.82 Å². The molecule has 1 aromatic heterocycles. The van der Waals surface area contributed by atoms with E-state index in [0.717, 1.165) is 43.2 Å². The number of nitrogens with one attached hydrogen (secondary N) is 1. The smallest absolute Gasteiger partial charge is 0.148 e. The van der Waals surface area contributed by atoms with Gasteiger partial charge in [-0.05, 0) is 26.7 Å². The van der Waals surface area contributed by atoms with E-state index in [4.69, 9.17) is 10.5 Å². The maximum Gasteiger partial charge on any atom is 0.148 e. The van der Waals surface area contributed by atoms with Gasteiger partial charge < -0.3 is 15.8 Å². The Bertz CT molecular complexity index is 349. The van der Waals surface area contributed by atoms with Crippen LogP contribution in [-0.2, 0) is 11.3 Å². The molecule has 1 rings (SSSR count). The highest BCUT2D eigenvalue weighted by molar-refractivity contribution is 5.65. The average Bonchev–Trinajstić information content (AvgIpc) is 2.55. The Kier molecular flexibility index (Phi) is 5.28. The van der Waals surface area contributed by atoms with Gasteiger partial charge in [0.25, 0.3) is 0 Å². The summed E-state index contributed by atoms with van der Waals surface area (Å²) in [5.74, 6) is 0.938. The summed E-state index contributed by atoms with van der Waals surface area (Å²) < 4.78 is 7.02. The van der Waals surface area contributed by atoms with Gasteiger partial charge in [-0.1, -0.05) is 6.92 Å². The van der Waals surface area contributed by atoms with Crippen LogP contribution in [0.5, 0.6) is 0 Å². The van der Waals surface area contributed by atoms with Crippen molar-refractivity contribution in [3.63, 3.8) is 0 Å². The molecule has 1 atom stereocenters. The molecule has 0 aliphatic carbocycles. The van der Waals surface area contributed by atoms with Crippen molar-refractivity contribution in [1.82, 2.24) is 9.78 Å². The topological polar surface area (TPSA) is 65.1 Å². The maximum absolute atomic E-state index is 6.03. The third-order valence-corrected chi connectivity index (χ3v) is 2.75. The first-order chi connectivity index (χ1) is 8.10. The van der Waals surface area contributed by atoms with Gasteiger partial charge >= 0.3 is 0 Å². The zero-order valence-corrected chi connectivity index (χ0v) is 11.3. The summed E-state index contributed by atoms with van der Waals surface area (Å²) in [6, 6.07) is 0.323. The second-order valence-corrected chi connectivity index (χ2v) is 4.40. The van der Waals surface area contributed by atoms with Crippen LogP contribution >= 0.6 is 0 Å². The van der Waals surface area contributed by atoms with Gasteiger partial charge in [0.05, 0.1) is 11.4 Å². The number of ether oxygens (including phenoxy) is 1. The molecule has 0 radical (unpaired) electrons. The average molecular weight is 240 g/mol. The van der Waals surface area contributed by atoms with Crippen molar-refractivity contribution in [1.29, 1.82) is 0 Å². The SMILES string of the molecule is CCCn1nc(C)c(N)c1NC(C)CCOC. The molecule has 0 aromatic carbocycles. The molecule has 5 heteroatoms. The summed E-state index contributed by atoms with van der Waals surface area (Å²) in [6.45, 7) is 7.82. The predicted molar refractivity (Wildman–Crippen MR) is 71.2 cm³/mol. The normalized spacial score (nSPS) is 12.7. The van der Waals surface area contributed by atoms with E-state index in [1.807, 2.05) is 11.6 Å². The van der Waals surface area contributed by atoms with Crippen LogP contribution in [0.25, 0.3) is 0 Å². The van der Waals surface area contributed by atoms with Gasteiger partial charge in [-0.2, -0.15) is 5.10 Å². The van der Waals surface area contributed by atoms with Gasteiger partial charge in [0, 0.05) is 26.3 Å². The summed E-state index contributed by atoms with van der Waals surface area (Å²) in [5.41, 5.74) is 7.67. The van der Waals surface area contributed by atoms with Crippen molar-refractivity contribution in [2.75, 3.05) is 24.8 Å². The fraction of sp³-hybridized carbons (Fsp3) is 0.750. The Labute approximate surface area is 103 Å². The lowest BCUT2D eigenvalue weighted by Crippen LogP contribution is -2.20. The molecule has 98 valence electrons. The van der Waals surface area contributed by atoms with Crippen LogP contribution in [0.3, 0.4) is 0 Å². The lowest BCUT2D eigenvalue weighted by Gasteiger charge is -2.16. The van der Waals surface area contributed by atoms with Crippen LogP contribution in [0.1, 0.15) is 32.4 Å². The summed E-state index contributed by atoms with van der Waals surface area (Å²) in [7, 11) is 1.71. The van der Waals surface area contributed by atoms with Crippen LogP contribution in [0.2, 0.25) is 0 Å². The van der Waals surface area contributed by atoms with Gasteiger partial charge in [-0.25, -0.2) is 4.68 Å². The van der Waals surface area contributed by atoms with E-state index in [-0.39, 0.29) is 0 Å². The Balaban J connectivity index is 2.74. The molecule has 1 unspecified atom stereocenters. The minimum Gasteiger partial charge on any atom is -0.394 e. The third-order valence-electron chi connectivity index (χ3n) is 2.75. The molecule has 0 bridgehead atoms. The fourth-order valence-electron chi connectivity index (χ4n) is 1.72. The second-order valence-electron chi connectivity index (χ2n) is 4.40. The van der Waals surface area contributed by atoms with Crippen molar-refractivity contribution >= 4 is 11.5 Å². The Morgan fingerprint density at radius 3 is 2.82 bits per heavy atom. The van der Waals surface area contributed by atoms with Crippen LogP contribution in [0.15, 0.2) is 0 Å². The summed E-state index contributed by atoms with van der Waals surface area (Å²) >= 11 is 0. The van der Waals surface area contributed by atoms with Crippen LogP contribution in [-0.4, -0.2) is 29.5 Å². The monoisotopic (exact) mass is 240 g/mol. The van der Waals surface area contributed by atoms with Gasteiger partial charge in [0.15, 0.2) is 0 Å². The molecule has 3 N–H and O–H groups in total. The number of nitrogens with zero attached hydrogens (tertiary/aromatic N) is 2. The molecule has 1 heterocycles. The molecule has 0 saturated heterocycles. The predicted octanol–water partition coefficient (Wildman–Crippen LogP) is 2.02. The van der Waals surface area contributed by atoms with E-state index >= 15 is 0 Å². The highest BCUT2D eigenvalue weighted by atomic mass is 16.5. The van der Waals surface area contributed by atoms with Crippen molar-refractivity contribution in [2.24, 2.45) is 0 Å². The number of aryl methyl sites for hydroxylation is 2. The number of aromatic nitrogens is 2. The van der Waals surface area contributed by atoms with E-state index < -0.39 is 0 Å². The number of rotatable bonds is 7. The van der Waals surface area contributed by atoms with Crippen LogP contribution < -0.4 is 11.1 Å². The maximum atomic E-state index is 6.03. The van der Waals surface area contributed by atoms with Crippen molar-refractivity contribution in [2.45, 2.75) is 46.2 Å². The number of nitrogens with two attached hydrogens (primary N) is 1.